The van der Waals surface area contributed by atoms with Crippen LogP contribution in [-0.2, 0) is 9.59 Å². The molecule has 1 fully saturated rings. The first-order valence-electron chi connectivity index (χ1n) is 7.41. The Morgan fingerprint density at radius 3 is 2.77 bits per heavy atom. The number of amides is 1. The summed E-state index contributed by atoms with van der Waals surface area (Å²) in [5.74, 6) is -0.867. The summed E-state index contributed by atoms with van der Waals surface area (Å²) in [7, 11) is 1.55. The molecular formula is C15H22N3O4+. The summed E-state index contributed by atoms with van der Waals surface area (Å²) in [4.78, 5) is 24.4. The Labute approximate surface area is 129 Å². The Morgan fingerprint density at radius 1 is 1.41 bits per heavy atom. The van der Waals surface area contributed by atoms with Crippen molar-refractivity contribution < 1.29 is 29.6 Å². The molecule has 1 aromatic rings. The van der Waals surface area contributed by atoms with Crippen LogP contribution in [0.1, 0.15) is 6.42 Å². The van der Waals surface area contributed by atoms with Crippen molar-refractivity contribution >= 4 is 17.6 Å². The summed E-state index contributed by atoms with van der Waals surface area (Å²) >= 11 is 0. The van der Waals surface area contributed by atoms with E-state index in [1.807, 2.05) is 0 Å². The van der Waals surface area contributed by atoms with Crippen molar-refractivity contribution in [3.8, 4) is 5.75 Å². The Bertz CT molecular complexity index is 529. The van der Waals surface area contributed by atoms with Crippen molar-refractivity contribution in [3.05, 3.63) is 24.3 Å². The highest BCUT2D eigenvalue weighted by Crippen LogP contribution is 2.16. The first-order valence-corrected chi connectivity index (χ1v) is 7.41. The third kappa shape index (κ3) is 4.44. The molecule has 22 heavy (non-hydrogen) atoms. The quantitative estimate of drug-likeness (QED) is 0.510. The molecule has 1 aliphatic heterocycles. The van der Waals surface area contributed by atoms with Crippen LogP contribution in [0.4, 0.5) is 5.69 Å². The zero-order valence-electron chi connectivity index (χ0n) is 12.6. The second-order valence-corrected chi connectivity index (χ2v) is 5.38. The lowest BCUT2D eigenvalue weighted by atomic mass is 10.1. The maximum Gasteiger partial charge on any atom is 0.230 e. The SMILES string of the molecule is COc1cccc(NC(=O)C[C@H](C(=O)[O-])[NH+]2CC[NH2+]CC2)c1. The number of methoxy groups -OCH3 is 1. The number of carbonyl (C=O) groups is 2. The van der Waals surface area contributed by atoms with Gasteiger partial charge in [-0.25, -0.2) is 0 Å². The topological polar surface area (TPSA) is 99.5 Å². The molecule has 7 nitrogen and oxygen atoms in total. The molecule has 1 amide bonds. The standard InChI is InChI=1S/C15H21N3O4/c1-22-12-4-2-3-11(9-12)17-14(19)10-13(15(20)21)18-7-5-16-6-8-18/h2-4,9,13,16H,5-8,10H2,1H3,(H,17,19)(H,20,21)/p+1/t13-/m1/s1. The minimum atomic E-state index is -1.17. The number of anilines is 1. The van der Waals surface area contributed by atoms with E-state index >= 15 is 0 Å². The smallest absolute Gasteiger partial charge is 0.230 e. The number of nitrogens with one attached hydrogen (secondary N) is 2. The molecule has 4 N–H and O–H groups in total. The summed E-state index contributed by atoms with van der Waals surface area (Å²) < 4.78 is 5.09. The van der Waals surface area contributed by atoms with Crippen molar-refractivity contribution in [3.63, 3.8) is 0 Å². The highest BCUT2D eigenvalue weighted by molar-refractivity contribution is 5.93. The molecule has 1 atom stereocenters. The van der Waals surface area contributed by atoms with Crippen molar-refractivity contribution in [2.24, 2.45) is 0 Å². The monoisotopic (exact) mass is 308 g/mol. The van der Waals surface area contributed by atoms with Crippen LogP contribution in [0, 0.1) is 0 Å². The lowest BCUT2D eigenvalue weighted by Crippen LogP contribution is -3.24. The minimum Gasteiger partial charge on any atom is -0.544 e. The van der Waals surface area contributed by atoms with E-state index in [0.29, 0.717) is 11.4 Å². The Morgan fingerprint density at radius 2 is 2.14 bits per heavy atom. The Hall–Kier alpha value is -2.12. The van der Waals surface area contributed by atoms with Crippen molar-refractivity contribution in [2.45, 2.75) is 12.5 Å². The number of carboxylic acid groups (broad SMARTS) is 1. The fraction of sp³-hybridized carbons (Fsp3) is 0.467. The molecule has 0 unspecified atom stereocenters. The number of aliphatic carboxylic acids is 1. The fourth-order valence-corrected chi connectivity index (χ4v) is 2.69. The molecule has 1 heterocycles. The first-order chi connectivity index (χ1) is 10.6. The molecule has 0 radical (unpaired) electrons. The number of carbonyl (C=O) groups excluding carboxylic acids is 2. The van der Waals surface area contributed by atoms with Crippen LogP contribution in [-0.4, -0.2) is 51.2 Å². The third-order valence-corrected chi connectivity index (χ3v) is 3.86. The number of carboxylic acids is 1. The maximum atomic E-state index is 12.1. The van der Waals surface area contributed by atoms with Gasteiger partial charge in [0, 0.05) is 11.8 Å². The summed E-state index contributed by atoms with van der Waals surface area (Å²) in [5, 5.41) is 16.2. The summed E-state index contributed by atoms with van der Waals surface area (Å²) in [6.07, 6.45) is -0.0884. The largest absolute Gasteiger partial charge is 0.544 e. The van der Waals surface area contributed by atoms with Gasteiger partial charge in [0.1, 0.15) is 38.0 Å². The number of ether oxygens (including phenoxy) is 1. The molecule has 2 rings (SSSR count). The Balaban J connectivity index is 1.96. The number of nitrogens with two attached hydrogens (primary N) is 1. The summed E-state index contributed by atoms with van der Waals surface area (Å²) in [6, 6.07) is 6.15. The first kappa shape index (κ1) is 16.3. The second-order valence-electron chi connectivity index (χ2n) is 5.38. The van der Waals surface area contributed by atoms with Crippen molar-refractivity contribution in [1.82, 2.24) is 0 Å². The van der Waals surface area contributed by atoms with Gasteiger partial charge in [0.2, 0.25) is 5.91 Å². The molecule has 120 valence electrons. The van der Waals surface area contributed by atoms with Gasteiger partial charge in [0.15, 0.2) is 0 Å². The van der Waals surface area contributed by atoms with E-state index in [1.165, 1.54) is 0 Å². The van der Waals surface area contributed by atoms with Crippen LogP contribution >= 0.6 is 0 Å². The Kier molecular flexibility index (Phi) is 5.74. The predicted molar refractivity (Wildman–Crippen MR) is 77.4 cm³/mol. The van der Waals surface area contributed by atoms with E-state index in [0.717, 1.165) is 31.1 Å². The summed E-state index contributed by atoms with van der Waals surface area (Å²) in [5.41, 5.74) is 0.587. The molecule has 7 heteroatoms. The van der Waals surface area contributed by atoms with Crippen LogP contribution in [0.2, 0.25) is 0 Å². The van der Waals surface area contributed by atoms with E-state index in [-0.39, 0.29) is 12.3 Å². The van der Waals surface area contributed by atoms with Gasteiger partial charge in [-0.2, -0.15) is 0 Å². The number of benzene rings is 1. The third-order valence-electron chi connectivity index (χ3n) is 3.86. The minimum absolute atomic E-state index is 0.0884. The van der Waals surface area contributed by atoms with Crippen molar-refractivity contribution in [1.29, 1.82) is 0 Å². The van der Waals surface area contributed by atoms with Crippen LogP contribution in [0.3, 0.4) is 0 Å². The van der Waals surface area contributed by atoms with Gasteiger partial charge in [-0.05, 0) is 12.1 Å². The zero-order chi connectivity index (χ0) is 15.9. The number of hydrogen-bond acceptors (Lipinski definition) is 4. The molecule has 1 aliphatic rings. The van der Waals surface area contributed by atoms with Gasteiger partial charge in [0.25, 0.3) is 0 Å². The van der Waals surface area contributed by atoms with E-state index < -0.39 is 12.0 Å². The highest BCUT2D eigenvalue weighted by Gasteiger charge is 2.29. The fourth-order valence-electron chi connectivity index (χ4n) is 2.69. The van der Waals surface area contributed by atoms with Crippen LogP contribution < -0.4 is 25.4 Å². The second kappa shape index (κ2) is 7.77. The predicted octanol–water partition coefficient (Wildman–Crippen LogP) is -3.40. The molecule has 0 aromatic heterocycles. The van der Waals surface area contributed by atoms with E-state index in [4.69, 9.17) is 4.74 Å². The molecule has 0 bridgehead atoms. The molecule has 0 saturated carbocycles. The van der Waals surface area contributed by atoms with Gasteiger partial charge < -0.3 is 30.2 Å². The number of quaternary nitrogens is 2. The molecule has 1 aromatic carbocycles. The van der Waals surface area contributed by atoms with E-state index in [2.05, 4.69) is 10.6 Å². The zero-order valence-corrected chi connectivity index (χ0v) is 12.6. The van der Waals surface area contributed by atoms with Gasteiger partial charge in [-0.15, -0.1) is 0 Å². The van der Waals surface area contributed by atoms with Gasteiger partial charge >= 0.3 is 0 Å². The van der Waals surface area contributed by atoms with Gasteiger partial charge in [-0.1, -0.05) is 6.07 Å². The van der Waals surface area contributed by atoms with E-state index in [1.54, 1.807) is 31.4 Å². The average Bonchev–Trinajstić information content (AvgIpc) is 2.53. The number of rotatable bonds is 6. The van der Waals surface area contributed by atoms with Crippen LogP contribution in [0.15, 0.2) is 24.3 Å². The van der Waals surface area contributed by atoms with E-state index in [9.17, 15) is 14.7 Å². The maximum absolute atomic E-state index is 12.1. The van der Waals surface area contributed by atoms with Gasteiger partial charge in [0.05, 0.1) is 19.5 Å². The number of hydrogen-bond donors (Lipinski definition) is 3. The van der Waals surface area contributed by atoms with Gasteiger partial charge in [-0.3, -0.25) is 4.79 Å². The number of piperazine rings is 1. The normalized spacial score (nSPS) is 16.8. The lowest BCUT2D eigenvalue weighted by Gasteiger charge is -2.30. The van der Waals surface area contributed by atoms with Crippen molar-refractivity contribution in [2.75, 3.05) is 38.6 Å². The average molecular weight is 308 g/mol. The molecule has 0 aliphatic carbocycles. The highest BCUT2D eigenvalue weighted by atomic mass is 16.5. The molecule has 0 spiro atoms. The van der Waals surface area contributed by atoms with Crippen LogP contribution in [0.5, 0.6) is 5.75 Å². The lowest BCUT2D eigenvalue weighted by molar-refractivity contribution is -0.961. The van der Waals surface area contributed by atoms with Crippen LogP contribution in [0.25, 0.3) is 0 Å². The molecule has 1 saturated heterocycles. The molecular weight excluding hydrogens is 286 g/mol. The summed E-state index contributed by atoms with van der Waals surface area (Å²) in [6.45, 7) is 3.20.